The van der Waals surface area contributed by atoms with Crippen molar-refractivity contribution in [1.29, 1.82) is 0 Å². The quantitative estimate of drug-likeness (QED) is 0.808. The van der Waals surface area contributed by atoms with Crippen LogP contribution >= 0.6 is 0 Å². The van der Waals surface area contributed by atoms with Gasteiger partial charge in [0.1, 0.15) is 6.54 Å². The van der Waals surface area contributed by atoms with Crippen molar-refractivity contribution in [2.75, 3.05) is 19.6 Å². The predicted octanol–water partition coefficient (Wildman–Crippen LogP) is 0.363. The Bertz CT molecular complexity index is 585. The van der Waals surface area contributed by atoms with Gasteiger partial charge in [0.2, 0.25) is 5.91 Å². The van der Waals surface area contributed by atoms with Crippen LogP contribution in [0, 0.1) is 0 Å². The van der Waals surface area contributed by atoms with E-state index in [9.17, 15) is 4.79 Å². The molecule has 2 aromatic heterocycles. The summed E-state index contributed by atoms with van der Waals surface area (Å²) in [4.78, 5) is 16.0. The molecule has 7 nitrogen and oxygen atoms in total. The Labute approximate surface area is 129 Å². The number of carbonyl (C=O) groups excluding carboxylic acids is 1. The molecule has 3 heterocycles. The van der Waals surface area contributed by atoms with Crippen molar-refractivity contribution in [3.05, 3.63) is 36.7 Å². The van der Waals surface area contributed by atoms with Crippen molar-refractivity contribution in [2.24, 2.45) is 0 Å². The molecule has 2 N–H and O–H groups in total. The zero-order valence-electron chi connectivity index (χ0n) is 12.6. The Balaban J connectivity index is 1.50. The van der Waals surface area contributed by atoms with Crippen molar-refractivity contribution in [3.8, 4) is 0 Å². The summed E-state index contributed by atoms with van der Waals surface area (Å²) in [6, 6.07) is 2.02. The summed E-state index contributed by atoms with van der Waals surface area (Å²) in [6.45, 7) is 3.65. The fourth-order valence-corrected chi connectivity index (χ4v) is 2.86. The van der Waals surface area contributed by atoms with E-state index in [1.807, 2.05) is 21.5 Å². The molecule has 0 saturated carbocycles. The lowest BCUT2D eigenvalue weighted by Crippen LogP contribution is -2.33. The lowest BCUT2D eigenvalue weighted by atomic mass is 9.96. The predicted molar refractivity (Wildman–Crippen MR) is 82.3 cm³/mol. The van der Waals surface area contributed by atoms with E-state index in [2.05, 4.69) is 20.7 Å². The standard InChI is InChI=1S/C15H22N6O/c22-15(18-7-9-20-8-6-17-12-20)11-21-14(3-5-19-21)13-2-1-4-16-10-13/h3,5-6,8,12-13,16H,1-2,4,7,9-11H2,(H,18,22)/t13-/m0/s1. The van der Waals surface area contributed by atoms with Crippen LogP contribution in [0.5, 0.6) is 0 Å². The number of piperidine rings is 1. The first-order valence-electron chi connectivity index (χ1n) is 7.78. The topological polar surface area (TPSA) is 76.8 Å². The normalized spacial score (nSPS) is 18.3. The summed E-state index contributed by atoms with van der Waals surface area (Å²) in [5.74, 6) is 0.448. The monoisotopic (exact) mass is 302 g/mol. The van der Waals surface area contributed by atoms with Crippen molar-refractivity contribution in [3.63, 3.8) is 0 Å². The molecule has 1 atom stereocenters. The SMILES string of the molecule is O=C(Cn1nccc1[C@H]1CCCNC1)NCCn1ccnc1. The minimum absolute atomic E-state index is 0.00571. The van der Waals surface area contributed by atoms with E-state index in [0.29, 0.717) is 12.5 Å². The highest BCUT2D eigenvalue weighted by atomic mass is 16.2. The first-order chi connectivity index (χ1) is 10.8. The van der Waals surface area contributed by atoms with Crippen LogP contribution in [0.15, 0.2) is 31.0 Å². The first-order valence-corrected chi connectivity index (χ1v) is 7.78. The molecule has 0 spiro atoms. The second-order valence-corrected chi connectivity index (χ2v) is 5.61. The van der Waals surface area contributed by atoms with E-state index < -0.39 is 0 Å². The van der Waals surface area contributed by atoms with Gasteiger partial charge in [0.05, 0.1) is 6.33 Å². The lowest BCUT2D eigenvalue weighted by molar-refractivity contribution is -0.121. The van der Waals surface area contributed by atoms with Crippen LogP contribution in [-0.4, -0.2) is 44.9 Å². The molecule has 3 rings (SSSR count). The number of hydrogen-bond acceptors (Lipinski definition) is 4. The molecule has 1 aliphatic heterocycles. The molecule has 0 radical (unpaired) electrons. The van der Waals surface area contributed by atoms with Crippen LogP contribution < -0.4 is 10.6 Å². The van der Waals surface area contributed by atoms with Crippen LogP contribution in [-0.2, 0) is 17.9 Å². The van der Waals surface area contributed by atoms with E-state index in [-0.39, 0.29) is 12.5 Å². The Morgan fingerprint density at radius 2 is 2.41 bits per heavy atom. The third-order valence-corrected chi connectivity index (χ3v) is 4.01. The first kappa shape index (κ1) is 14.8. The van der Waals surface area contributed by atoms with Crippen molar-refractivity contribution >= 4 is 5.91 Å². The minimum Gasteiger partial charge on any atom is -0.353 e. The number of nitrogens with one attached hydrogen (secondary N) is 2. The number of imidazole rings is 1. The van der Waals surface area contributed by atoms with Crippen LogP contribution in [0.25, 0.3) is 0 Å². The molecule has 1 amide bonds. The smallest absolute Gasteiger partial charge is 0.241 e. The number of hydrogen-bond donors (Lipinski definition) is 2. The van der Waals surface area contributed by atoms with Gasteiger partial charge in [0.25, 0.3) is 0 Å². The third kappa shape index (κ3) is 3.73. The second-order valence-electron chi connectivity index (χ2n) is 5.61. The van der Waals surface area contributed by atoms with Gasteiger partial charge in [0, 0.05) is 49.8 Å². The van der Waals surface area contributed by atoms with Crippen LogP contribution in [0.3, 0.4) is 0 Å². The Hall–Kier alpha value is -2.15. The average Bonchev–Trinajstić information content (AvgIpc) is 3.20. The van der Waals surface area contributed by atoms with Gasteiger partial charge >= 0.3 is 0 Å². The molecule has 118 valence electrons. The Morgan fingerprint density at radius 1 is 1.45 bits per heavy atom. The maximum atomic E-state index is 12.1. The average molecular weight is 302 g/mol. The Morgan fingerprint density at radius 3 is 3.18 bits per heavy atom. The van der Waals surface area contributed by atoms with E-state index in [4.69, 9.17) is 0 Å². The van der Waals surface area contributed by atoms with Crippen LogP contribution in [0.1, 0.15) is 24.5 Å². The molecular formula is C15H22N6O. The van der Waals surface area contributed by atoms with Crippen molar-refractivity contribution in [2.45, 2.75) is 31.8 Å². The zero-order valence-corrected chi connectivity index (χ0v) is 12.6. The van der Waals surface area contributed by atoms with E-state index >= 15 is 0 Å². The molecule has 0 unspecified atom stereocenters. The van der Waals surface area contributed by atoms with Gasteiger partial charge in [-0.25, -0.2) is 4.98 Å². The maximum Gasteiger partial charge on any atom is 0.241 e. The van der Waals surface area contributed by atoms with Gasteiger partial charge < -0.3 is 15.2 Å². The fourth-order valence-electron chi connectivity index (χ4n) is 2.86. The van der Waals surface area contributed by atoms with Crippen LogP contribution in [0.2, 0.25) is 0 Å². The molecule has 1 saturated heterocycles. The minimum atomic E-state index is -0.00571. The van der Waals surface area contributed by atoms with Gasteiger partial charge in [0.15, 0.2) is 0 Å². The van der Waals surface area contributed by atoms with Gasteiger partial charge in [-0.1, -0.05) is 0 Å². The highest BCUT2D eigenvalue weighted by molar-refractivity contribution is 5.75. The summed E-state index contributed by atoms with van der Waals surface area (Å²) in [6.07, 6.45) is 9.47. The Kier molecular flexibility index (Phi) is 4.85. The summed E-state index contributed by atoms with van der Waals surface area (Å²) >= 11 is 0. The molecule has 1 aliphatic rings. The third-order valence-electron chi connectivity index (χ3n) is 4.01. The summed E-state index contributed by atoms with van der Waals surface area (Å²) in [7, 11) is 0. The van der Waals surface area contributed by atoms with Gasteiger partial charge in [-0.3, -0.25) is 9.48 Å². The molecule has 2 aromatic rings. The van der Waals surface area contributed by atoms with Crippen molar-refractivity contribution in [1.82, 2.24) is 30.0 Å². The van der Waals surface area contributed by atoms with Crippen molar-refractivity contribution < 1.29 is 4.79 Å². The van der Waals surface area contributed by atoms with Gasteiger partial charge in [-0.15, -0.1) is 0 Å². The molecule has 0 bridgehead atoms. The molecule has 22 heavy (non-hydrogen) atoms. The van der Waals surface area contributed by atoms with Gasteiger partial charge in [-0.05, 0) is 25.5 Å². The number of rotatable bonds is 6. The molecule has 7 heteroatoms. The molecule has 0 aromatic carbocycles. The number of amides is 1. The summed E-state index contributed by atoms with van der Waals surface area (Å²) in [5.41, 5.74) is 1.15. The summed E-state index contributed by atoms with van der Waals surface area (Å²) in [5, 5.41) is 10.6. The number of nitrogens with zero attached hydrogens (tertiary/aromatic N) is 4. The molecule has 0 aliphatic carbocycles. The zero-order chi connectivity index (χ0) is 15.2. The van der Waals surface area contributed by atoms with Crippen LogP contribution in [0.4, 0.5) is 0 Å². The lowest BCUT2D eigenvalue weighted by Gasteiger charge is -2.23. The number of carbonyl (C=O) groups is 1. The second kappa shape index (κ2) is 7.22. The molecular weight excluding hydrogens is 280 g/mol. The summed E-state index contributed by atoms with van der Waals surface area (Å²) < 4.78 is 3.76. The van der Waals surface area contributed by atoms with E-state index in [1.54, 1.807) is 18.7 Å². The highest BCUT2D eigenvalue weighted by Crippen LogP contribution is 2.22. The van der Waals surface area contributed by atoms with E-state index in [0.717, 1.165) is 31.7 Å². The molecule has 1 fully saturated rings. The van der Waals surface area contributed by atoms with E-state index in [1.165, 1.54) is 6.42 Å². The van der Waals surface area contributed by atoms with Gasteiger partial charge in [-0.2, -0.15) is 5.10 Å². The maximum absolute atomic E-state index is 12.1. The largest absolute Gasteiger partial charge is 0.353 e. The fraction of sp³-hybridized carbons (Fsp3) is 0.533. The number of aromatic nitrogens is 4. The highest BCUT2D eigenvalue weighted by Gasteiger charge is 2.19.